The maximum Gasteiger partial charge on any atom is 0.263 e. The van der Waals surface area contributed by atoms with E-state index in [1.165, 1.54) is 31.2 Å². The predicted molar refractivity (Wildman–Crippen MR) is 107 cm³/mol. The second-order valence-corrected chi connectivity index (χ2v) is 8.01. The second-order valence-electron chi connectivity index (χ2n) is 6.33. The van der Waals surface area contributed by atoms with Gasteiger partial charge in [-0.1, -0.05) is 0 Å². The molecule has 1 aromatic carbocycles. The highest BCUT2D eigenvalue weighted by Gasteiger charge is 2.14. The smallest absolute Gasteiger partial charge is 0.263 e. The van der Waals surface area contributed by atoms with Gasteiger partial charge in [-0.3, -0.25) is 9.52 Å². The number of aromatic nitrogens is 1. The van der Waals surface area contributed by atoms with Crippen LogP contribution >= 0.6 is 0 Å². The standard InChI is InChI=1S/C18H25N5O3S/c1-14(24)21-15-5-8-17(9-6-15)27(25,26)22-18-10-7-16(13-20-18)19-11-4-12-23(2)3/h5-10,13,19H,4,11-12H2,1-3H3,(H,20,22)(H,21,24). The summed E-state index contributed by atoms with van der Waals surface area (Å²) in [7, 11) is 0.294. The van der Waals surface area contributed by atoms with Crippen molar-refractivity contribution in [1.29, 1.82) is 0 Å². The molecule has 2 aromatic rings. The van der Waals surface area contributed by atoms with Crippen LogP contribution in [0.3, 0.4) is 0 Å². The van der Waals surface area contributed by atoms with E-state index in [1.807, 2.05) is 14.1 Å². The number of carbonyl (C=O) groups is 1. The molecular weight excluding hydrogens is 366 g/mol. The summed E-state index contributed by atoms with van der Waals surface area (Å²) < 4.78 is 27.3. The van der Waals surface area contributed by atoms with Gasteiger partial charge in [0.2, 0.25) is 5.91 Å². The number of rotatable bonds is 9. The Kier molecular flexibility index (Phi) is 7.14. The lowest BCUT2D eigenvalue weighted by Crippen LogP contribution is -2.16. The highest BCUT2D eigenvalue weighted by molar-refractivity contribution is 7.92. The number of pyridine rings is 1. The number of nitrogens with zero attached hydrogens (tertiary/aromatic N) is 2. The molecule has 0 saturated carbocycles. The van der Waals surface area contributed by atoms with Crippen molar-refractivity contribution in [3.63, 3.8) is 0 Å². The molecule has 1 heterocycles. The molecular formula is C18H25N5O3S. The van der Waals surface area contributed by atoms with Crippen molar-refractivity contribution >= 4 is 33.1 Å². The van der Waals surface area contributed by atoms with Crippen molar-refractivity contribution in [3.05, 3.63) is 42.6 Å². The molecule has 1 aromatic heterocycles. The molecule has 0 fully saturated rings. The van der Waals surface area contributed by atoms with Crippen LogP contribution in [-0.2, 0) is 14.8 Å². The molecule has 0 radical (unpaired) electrons. The van der Waals surface area contributed by atoms with E-state index in [9.17, 15) is 13.2 Å². The fraction of sp³-hybridized carbons (Fsp3) is 0.333. The van der Waals surface area contributed by atoms with Crippen molar-refractivity contribution < 1.29 is 13.2 Å². The molecule has 2 rings (SSSR count). The lowest BCUT2D eigenvalue weighted by atomic mass is 10.3. The van der Waals surface area contributed by atoms with Crippen LogP contribution in [0.15, 0.2) is 47.5 Å². The average Bonchev–Trinajstić information content (AvgIpc) is 2.59. The Morgan fingerprint density at radius 2 is 1.74 bits per heavy atom. The number of nitrogens with one attached hydrogen (secondary N) is 3. The van der Waals surface area contributed by atoms with Crippen molar-refractivity contribution in [2.75, 3.05) is 42.5 Å². The normalized spacial score (nSPS) is 11.3. The molecule has 146 valence electrons. The Bertz CT molecular complexity index is 850. The van der Waals surface area contributed by atoms with E-state index in [2.05, 4.69) is 25.2 Å². The minimum atomic E-state index is -3.75. The Morgan fingerprint density at radius 3 is 2.30 bits per heavy atom. The molecule has 9 heteroatoms. The highest BCUT2D eigenvalue weighted by Crippen LogP contribution is 2.18. The summed E-state index contributed by atoms with van der Waals surface area (Å²) in [5, 5.41) is 5.83. The van der Waals surface area contributed by atoms with Gasteiger partial charge in [-0.15, -0.1) is 0 Å². The summed E-state index contributed by atoms with van der Waals surface area (Å²) in [4.78, 5) is 17.4. The maximum atomic E-state index is 12.4. The van der Waals surface area contributed by atoms with Gasteiger partial charge in [-0.25, -0.2) is 13.4 Å². The Labute approximate surface area is 160 Å². The zero-order valence-electron chi connectivity index (χ0n) is 15.7. The first-order chi connectivity index (χ1) is 12.8. The molecule has 0 saturated heterocycles. The van der Waals surface area contributed by atoms with E-state index in [4.69, 9.17) is 0 Å². The Balaban J connectivity index is 1.95. The zero-order valence-corrected chi connectivity index (χ0v) is 16.5. The van der Waals surface area contributed by atoms with Gasteiger partial charge < -0.3 is 15.5 Å². The average molecular weight is 391 g/mol. The third-order valence-electron chi connectivity index (χ3n) is 3.60. The highest BCUT2D eigenvalue weighted by atomic mass is 32.2. The van der Waals surface area contributed by atoms with E-state index < -0.39 is 10.0 Å². The van der Waals surface area contributed by atoms with E-state index >= 15 is 0 Å². The van der Waals surface area contributed by atoms with E-state index in [0.29, 0.717) is 5.69 Å². The molecule has 0 atom stereocenters. The molecule has 0 spiro atoms. The Hall–Kier alpha value is -2.65. The van der Waals surface area contributed by atoms with Gasteiger partial charge in [0, 0.05) is 19.2 Å². The van der Waals surface area contributed by atoms with E-state index in [0.717, 1.165) is 25.2 Å². The summed E-state index contributed by atoms with van der Waals surface area (Å²) in [6, 6.07) is 9.30. The molecule has 3 N–H and O–H groups in total. The van der Waals surface area contributed by atoms with Crippen LogP contribution in [0.4, 0.5) is 17.2 Å². The molecule has 0 aliphatic carbocycles. The zero-order chi connectivity index (χ0) is 19.9. The summed E-state index contributed by atoms with van der Waals surface area (Å²) in [5.41, 5.74) is 1.36. The quantitative estimate of drug-likeness (QED) is 0.566. The van der Waals surface area contributed by atoms with E-state index in [-0.39, 0.29) is 16.6 Å². The number of benzene rings is 1. The first kappa shape index (κ1) is 20.7. The summed E-state index contributed by atoms with van der Waals surface area (Å²) in [6.07, 6.45) is 2.59. The fourth-order valence-electron chi connectivity index (χ4n) is 2.30. The topological polar surface area (TPSA) is 103 Å². The van der Waals surface area contributed by atoms with Gasteiger partial charge in [-0.05, 0) is 63.5 Å². The van der Waals surface area contributed by atoms with Gasteiger partial charge in [0.05, 0.1) is 16.8 Å². The van der Waals surface area contributed by atoms with Crippen LogP contribution in [-0.4, -0.2) is 51.4 Å². The van der Waals surface area contributed by atoms with Gasteiger partial charge >= 0.3 is 0 Å². The molecule has 8 nitrogen and oxygen atoms in total. The van der Waals surface area contributed by atoms with Gasteiger partial charge in [0.15, 0.2) is 0 Å². The monoisotopic (exact) mass is 391 g/mol. The molecule has 0 bridgehead atoms. The minimum absolute atomic E-state index is 0.0873. The maximum absolute atomic E-state index is 12.4. The molecule has 0 unspecified atom stereocenters. The first-order valence-electron chi connectivity index (χ1n) is 8.51. The lowest BCUT2D eigenvalue weighted by molar-refractivity contribution is -0.114. The van der Waals surface area contributed by atoms with Crippen LogP contribution in [0.25, 0.3) is 0 Å². The molecule has 1 amide bonds. The summed E-state index contributed by atoms with van der Waals surface area (Å²) in [5.74, 6) is 0.0168. The minimum Gasteiger partial charge on any atom is -0.384 e. The lowest BCUT2D eigenvalue weighted by Gasteiger charge is -2.11. The SMILES string of the molecule is CC(=O)Nc1ccc(S(=O)(=O)Nc2ccc(NCCCN(C)C)cn2)cc1. The van der Waals surface area contributed by atoms with Gasteiger partial charge in [-0.2, -0.15) is 0 Å². The number of sulfonamides is 1. The van der Waals surface area contributed by atoms with Crippen LogP contribution in [0.5, 0.6) is 0 Å². The van der Waals surface area contributed by atoms with Gasteiger partial charge in [0.1, 0.15) is 5.82 Å². The largest absolute Gasteiger partial charge is 0.384 e. The predicted octanol–water partition coefficient (Wildman–Crippen LogP) is 2.20. The Morgan fingerprint density at radius 1 is 1.07 bits per heavy atom. The van der Waals surface area contributed by atoms with Crippen molar-refractivity contribution in [1.82, 2.24) is 9.88 Å². The van der Waals surface area contributed by atoms with Crippen LogP contribution in [0, 0.1) is 0 Å². The van der Waals surface area contributed by atoms with Crippen molar-refractivity contribution in [2.45, 2.75) is 18.2 Å². The van der Waals surface area contributed by atoms with E-state index in [1.54, 1.807) is 18.3 Å². The number of hydrogen-bond acceptors (Lipinski definition) is 6. The van der Waals surface area contributed by atoms with Crippen LogP contribution in [0.2, 0.25) is 0 Å². The van der Waals surface area contributed by atoms with Crippen LogP contribution in [0.1, 0.15) is 13.3 Å². The number of amides is 1. The third kappa shape index (κ3) is 6.87. The first-order valence-corrected chi connectivity index (χ1v) is 10.00. The molecule has 0 aliphatic rings. The summed E-state index contributed by atoms with van der Waals surface area (Å²) >= 11 is 0. The second kappa shape index (κ2) is 9.33. The third-order valence-corrected chi connectivity index (χ3v) is 4.97. The van der Waals surface area contributed by atoms with Crippen LogP contribution < -0.4 is 15.4 Å². The number of hydrogen-bond donors (Lipinski definition) is 3. The number of carbonyl (C=O) groups excluding carboxylic acids is 1. The fourth-order valence-corrected chi connectivity index (χ4v) is 3.31. The van der Waals surface area contributed by atoms with Gasteiger partial charge in [0.25, 0.3) is 10.0 Å². The number of anilines is 3. The summed E-state index contributed by atoms with van der Waals surface area (Å²) in [6.45, 7) is 3.18. The molecule has 27 heavy (non-hydrogen) atoms. The van der Waals surface area contributed by atoms with Crippen molar-refractivity contribution in [2.24, 2.45) is 0 Å². The van der Waals surface area contributed by atoms with Crippen molar-refractivity contribution in [3.8, 4) is 0 Å². The molecule has 0 aliphatic heterocycles.